The highest BCUT2D eigenvalue weighted by molar-refractivity contribution is 5.49. The lowest BCUT2D eigenvalue weighted by Gasteiger charge is -2.00. The van der Waals surface area contributed by atoms with Crippen LogP contribution in [0.15, 0.2) is 12.3 Å². The summed E-state index contributed by atoms with van der Waals surface area (Å²) < 4.78 is 1.70. The van der Waals surface area contributed by atoms with E-state index in [1.165, 1.54) is 0 Å². The number of hydrogen-bond acceptors (Lipinski definition) is 5. The molecule has 6 heteroatoms. The van der Waals surface area contributed by atoms with Crippen LogP contribution < -0.4 is 5.73 Å². The maximum absolute atomic E-state index is 5.58. The monoisotopic (exact) mass is 204 g/mol. The molecule has 2 heterocycles. The van der Waals surface area contributed by atoms with Crippen LogP contribution in [0.1, 0.15) is 12.7 Å². The Morgan fingerprint density at radius 1 is 1.33 bits per heavy atom. The van der Waals surface area contributed by atoms with Crippen molar-refractivity contribution < 1.29 is 0 Å². The minimum atomic E-state index is 0.238. The highest BCUT2D eigenvalue weighted by Crippen LogP contribution is 2.12. The van der Waals surface area contributed by atoms with Crippen molar-refractivity contribution >= 4 is 5.95 Å². The fourth-order valence-electron chi connectivity index (χ4n) is 1.24. The number of rotatable bonds is 2. The van der Waals surface area contributed by atoms with Crippen LogP contribution in [-0.4, -0.2) is 24.7 Å². The number of anilines is 1. The molecular weight excluding hydrogens is 192 g/mol. The molecule has 2 rings (SSSR count). The van der Waals surface area contributed by atoms with Gasteiger partial charge in [0.2, 0.25) is 5.95 Å². The molecule has 0 bridgehead atoms. The Morgan fingerprint density at radius 3 is 2.73 bits per heavy atom. The van der Waals surface area contributed by atoms with E-state index in [2.05, 4.69) is 20.1 Å². The highest BCUT2D eigenvalue weighted by atomic mass is 15.3. The van der Waals surface area contributed by atoms with E-state index in [0.29, 0.717) is 17.3 Å². The average Bonchev–Trinajstić information content (AvgIpc) is 2.64. The van der Waals surface area contributed by atoms with Crippen LogP contribution in [0.25, 0.3) is 11.5 Å². The number of aryl methyl sites for hydroxylation is 2. The quantitative estimate of drug-likeness (QED) is 0.766. The maximum Gasteiger partial charge on any atom is 0.223 e. The topological polar surface area (TPSA) is 82.5 Å². The molecule has 0 fully saturated rings. The van der Waals surface area contributed by atoms with Gasteiger partial charge in [0.1, 0.15) is 11.5 Å². The Hall–Kier alpha value is -1.98. The second kappa shape index (κ2) is 3.64. The van der Waals surface area contributed by atoms with E-state index in [1.54, 1.807) is 4.68 Å². The zero-order chi connectivity index (χ0) is 10.8. The van der Waals surface area contributed by atoms with Crippen molar-refractivity contribution in [1.29, 1.82) is 0 Å². The number of nitrogen functional groups attached to an aromatic ring is 1. The fraction of sp³-hybridized carbons (Fsp3) is 0.333. The Kier molecular flexibility index (Phi) is 2.32. The van der Waals surface area contributed by atoms with E-state index >= 15 is 0 Å². The van der Waals surface area contributed by atoms with Crippen molar-refractivity contribution in [2.24, 2.45) is 7.05 Å². The average molecular weight is 204 g/mol. The van der Waals surface area contributed by atoms with Crippen molar-refractivity contribution in [3.63, 3.8) is 0 Å². The largest absolute Gasteiger partial charge is 0.368 e. The van der Waals surface area contributed by atoms with Gasteiger partial charge in [-0.2, -0.15) is 15.1 Å². The van der Waals surface area contributed by atoms with Crippen LogP contribution in [0.3, 0.4) is 0 Å². The van der Waals surface area contributed by atoms with Gasteiger partial charge in [-0.05, 0) is 6.07 Å². The molecule has 0 aromatic carbocycles. The van der Waals surface area contributed by atoms with E-state index in [1.807, 2.05) is 26.2 Å². The summed E-state index contributed by atoms with van der Waals surface area (Å²) in [5.74, 6) is 1.45. The van der Waals surface area contributed by atoms with Crippen LogP contribution in [0.5, 0.6) is 0 Å². The first-order valence-corrected chi connectivity index (χ1v) is 4.69. The third kappa shape index (κ3) is 1.93. The van der Waals surface area contributed by atoms with E-state index in [9.17, 15) is 0 Å². The predicted octanol–water partition coefficient (Wildman–Crippen LogP) is 0.417. The van der Waals surface area contributed by atoms with E-state index in [-0.39, 0.29) is 5.95 Å². The molecule has 0 saturated carbocycles. The number of aromatic nitrogens is 5. The molecule has 15 heavy (non-hydrogen) atoms. The second-order valence-electron chi connectivity index (χ2n) is 3.16. The first-order valence-electron chi connectivity index (χ1n) is 4.69. The van der Waals surface area contributed by atoms with Gasteiger partial charge in [-0.25, -0.2) is 4.98 Å². The summed E-state index contributed by atoms with van der Waals surface area (Å²) in [5, 5.41) is 4.21. The van der Waals surface area contributed by atoms with Gasteiger partial charge in [0.05, 0.1) is 0 Å². The molecule has 0 unspecified atom stereocenters. The van der Waals surface area contributed by atoms with E-state index in [0.717, 1.165) is 6.42 Å². The standard InChI is InChI=1S/C9H12N6/c1-3-7-11-8(13-9(10)12-7)6-4-5-15(2)14-6/h4-5H,3H2,1-2H3,(H2,10,11,12,13). The number of nitrogens with zero attached hydrogens (tertiary/aromatic N) is 5. The zero-order valence-electron chi connectivity index (χ0n) is 8.68. The molecule has 78 valence electrons. The predicted molar refractivity (Wildman–Crippen MR) is 55.8 cm³/mol. The van der Waals surface area contributed by atoms with Crippen molar-refractivity contribution in [3.05, 3.63) is 18.1 Å². The molecule has 0 atom stereocenters. The lowest BCUT2D eigenvalue weighted by Crippen LogP contribution is -2.04. The molecule has 0 saturated heterocycles. The summed E-state index contributed by atoms with van der Waals surface area (Å²) in [6, 6.07) is 1.84. The van der Waals surface area contributed by atoms with Crippen LogP contribution >= 0.6 is 0 Å². The highest BCUT2D eigenvalue weighted by Gasteiger charge is 2.07. The van der Waals surface area contributed by atoms with Crippen molar-refractivity contribution in [1.82, 2.24) is 24.7 Å². The molecule has 2 N–H and O–H groups in total. The zero-order valence-corrected chi connectivity index (χ0v) is 8.68. The van der Waals surface area contributed by atoms with Gasteiger partial charge >= 0.3 is 0 Å². The molecule has 0 radical (unpaired) electrons. The minimum absolute atomic E-state index is 0.238. The molecule has 0 spiro atoms. The smallest absolute Gasteiger partial charge is 0.223 e. The first-order chi connectivity index (χ1) is 7.19. The Labute approximate surface area is 87.2 Å². The Balaban J connectivity index is 2.48. The number of hydrogen-bond donors (Lipinski definition) is 1. The van der Waals surface area contributed by atoms with Crippen LogP contribution in [0.4, 0.5) is 5.95 Å². The lowest BCUT2D eigenvalue weighted by atomic mass is 10.4. The summed E-state index contributed by atoms with van der Waals surface area (Å²) in [6.07, 6.45) is 2.56. The van der Waals surface area contributed by atoms with Gasteiger partial charge in [-0.3, -0.25) is 4.68 Å². The Bertz CT molecular complexity index is 475. The SMILES string of the molecule is CCc1nc(N)nc(-c2ccn(C)n2)n1. The minimum Gasteiger partial charge on any atom is -0.368 e. The van der Waals surface area contributed by atoms with Gasteiger partial charge in [0.25, 0.3) is 0 Å². The molecule has 2 aromatic heterocycles. The third-order valence-corrected chi connectivity index (χ3v) is 1.96. The van der Waals surface area contributed by atoms with Crippen molar-refractivity contribution in [2.75, 3.05) is 5.73 Å². The molecular formula is C9H12N6. The lowest BCUT2D eigenvalue weighted by molar-refractivity contribution is 0.767. The van der Waals surface area contributed by atoms with Crippen molar-refractivity contribution in [2.45, 2.75) is 13.3 Å². The third-order valence-electron chi connectivity index (χ3n) is 1.96. The molecule has 0 aliphatic heterocycles. The fourth-order valence-corrected chi connectivity index (χ4v) is 1.24. The summed E-state index contributed by atoms with van der Waals surface area (Å²) >= 11 is 0. The van der Waals surface area contributed by atoms with Gasteiger partial charge in [-0.1, -0.05) is 6.92 Å². The normalized spacial score (nSPS) is 10.5. The van der Waals surface area contributed by atoms with Crippen LogP contribution in [0.2, 0.25) is 0 Å². The number of nitrogens with two attached hydrogens (primary N) is 1. The van der Waals surface area contributed by atoms with Gasteiger partial charge < -0.3 is 5.73 Å². The molecule has 0 aliphatic rings. The Morgan fingerprint density at radius 2 is 2.13 bits per heavy atom. The van der Waals surface area contributed by atoms with E-state index < -0.39 is 0 Å². The summed E-state index contributed by atoms with van der Waals surface area (Å²) in [4.78, 5) is 12.3. The van der Waals surface area contributed by atoms with E-state index in [4.69, 9.17) is 5.73 Å². The first kappa shape index (κ1) is 9.57. The van der Waals surface area contributed by atoms with Crippen LogP contribution in [-0.2, 0) is 13.5 Å². The molecule has 2 aromatic rings. The summed E-state index contributed by atoms with van der Waals surface area (Å²) in [6.45, 7) is 1.97. The summed E-state index contributed by atoms with van der Waals surface area (Å²) in [5.41, 5.74) is 6.29. The van der Waals surface area contributed by atoms with Crippen molar-refractivity contribution in [3.8, 4) is 11.5 Å². The van der Waals surface area contributed by atoms with Crippen LogP contribution in [0, 0.1) is 0 Å². The summed E-state index contributed by atoms with van der Waals surface area (Å²) in [7, 11) is 1.84. The van der Waals surface area contributed by atoms with Gasteiger partial charge in [0, 0.05) is 19.7 Å². The second-order valence-corrected chi connectivity index (χ2v) is 3.16. The molecule has 0 aliphatic carbocycles. The maximum atomic E-state index is 5.58. The molecule has 0 amide bonds. The van der Waals surface area contributed by atoms with Gasteiger partial charge in [-0.15, -0.1) is 0 Å². The molecule has 6 nitrogen and oxygen atoms in total. The van der Waals surface area contributed by atoms with Gasteiger partial charge in [0.15, 0.2) is 5.82 Å².